The lowest BCUT2D eigenvalue weighted by molar-refractivity contribution is -0.253. The number of hydrogen-bond donors (Lipinski definition) is 3. The summed E-state index contributed by atoms with van der Waals surface area (Å²) in [5, 5.41) is 12.8. The van der Waals surface area contributed by atoms with E-state index in [-0.39, 0.29) is 36.7 Å². The van der Waals surface area contributed by atoms with E-state index in [2.05, 4.69) is 65.2 Å². The first-order valence-electron chi connectivity index (χ1n) is 25.0. The summed E-state index contributed by atoms with van der Waals surface area (Å²) in [6, 6.07) is 39.3. The summed E-state index contributed by atoms with van der Waals surface area (Å²) in [4.78, 5) is 16.7. The summed E-state index contributed by atoms with van der Waals surface area (Å²) < 4.78 is 43.4. The molecule has 1 fully saturated rings. The zero-order valence-electron chi connectivity index (χ0n) is 40.2. The van der Waals surface area contributed by atoms with Crippen molar-refractivity contribution >= 4 is 15.9 Å². The summed E-state index contributed by atoms with van der Waals surface area (Å²) in [6.07, 6.45) is 15.4. The van der Waals surface area contributed by atoms with Crippen LogP contribution in [0.5, 0.6) is 0 Å². The van der Waals surface area contributed by atoms with E-state index in [9.17, 15) is 18.3 Å². The molecule has 360 valence electrons. The van der Waals surface area contributed by atoms with Gasteiger partial charge in [-0.2, -0.15) is 4.72 Å². The molecular formula is C57H75N3O6S. The number of aryl methyl sites for hydroxylation is 1. The lowest BCUT2D eigenvalue weighted by atomic mass is 9.97. The fraction of sp³-hybridized carbons (Fsp3) is 0.456. The minimum atomic E-state index is -3.98. The molecule has 0 aromatic heterocycles. The Hall–Kier alpha value is -4.68. The minimum Gasteiger partial charge on any atom is -0.392 e. The summed E-state index contributed by atoms with van der Waals surface area (Å²) in [7, 11) is -3.98. The van der Waals surface area contributed by atoms with Crippen LogP contribution in [-0.2, 0) is 43.9 Å². The van der Waals surface area contributed by atoms with Gasteiger partial charge in [-0.15, -0.1) is 0 Å². The minimum absolute atomic E-state index is 0.00128. The van der Waals surface area contributed by atoms with Crippen LogP contribution >= 0.6 is 0 Å². The van der Waals surface area contributed by atoms with Gasteiger partial charge in [-0.05, 0) is 84.8 Å². The van der Waals surface area contributed by atoms with Gasteiger partial charge in [0.1, 0.15) is 6.04 Å². The number of sulfonamides is 1. The number of carbonyl (C=O) groups excluding carboxylic acids is 1. The smallest absolute Gasteiger partial charge is 0.241 e. The number of ether oxygens (including phenoxy) is 2. The highest BCUT2D eigenvalue weighted by Crippen LogP contribution is 2.39. The van der Waals surface area contributed by atoms with Crippen molar-refractivity contribution in [1.82, 2.24) is 14.9 Å². The van der Waals surface area contributed by atoms with Crippen LogP contribution in [0.2, 0.25) is 0 Å². The zero-order chi connectivity index (χ0) is 47.3. The van der Waals surface area contributed by atoms with E-state index in [1.807, 2.05) is 73.7 Å². The molecule has 5 aromatic rings. The fourth-order valence-corrected chi connectivity index (χ4v) is 10.1. The molecule has 1 heterocycles. The van der Waals surface area contributed by atoms with E-state index in [4.69, 9.17) is 9.47 Å². The maximum atomic E-state index is 13.9. The number of amides is 1. The van der Waals surface area contributed by atoms with E-state index in [0.717, 1.165) is 70.6 Å². The molecule has 0 bridgehead atoms. The van der Waals surface area contributed by atoms with Gasteiger partial charge in [0.05, 0.1) is 23.7 Å². The third-order valence-corrected chi connectivity index (χ3v) is 14.4. The third-order valence-electron chi connectivity index (χ3n) is 12.9. The molecule has 1 aliphatic rings. The topological polar surface area (TPSA) is 117 Å². The molecule has 1 aliphatic heterocycles. The summed E-state index contributed by atoms with van der Waals surface area (Å²) >= 11 is 0. The fourth-order valence-electron chi connectivity index (χ4n) is 8.94. The van der Waals surface area contributed by atoms with Crippen molar-refractivity contribution in [2.75, 3.05) is 19.6 Å². The first-order chi connectivity index (χ1) is 32.6. The monoisotopic (exact) mass is 930 g/mol. The first kappa shape index (κ1) is 51.7. The van der Waals surface area contributed by atoms with Crippen LogP contribution in [0.25, 0.3) is 11.1 Å². The van der Waals surface area contributed by atoms with Crippen molar-refractivity contribution in [2.45, 2.75) is 153 Å². The number of carbonyl (C=O) groups is 1. The second-order valence-corrected chi connectivity index (χ2v) is 20.1. The number of aliphatic hydroxyl groups excluding tert-OH is 1. The molecule has 3 N–H and O–H groups in total. The molecule has 67 heavy (non-hydrogen) atoms. The molecular weight excluding hydrogens is 855 g/mol. The largest absolute Gasteiger partial charge is 0.392 e. The SMILES string of the molecule is CCCCCCCCN(CCCCCCCC)C[C@@H]1C[C@H](c2ccc(CO)cc2)O[C@H](c2ccc(-c3ccccc3CNC(=O)[C@@H](Cc3ccccc3)NS(=O)(=O)c3ccc(C)cc3)cc2)O1. The number of unbranched alkanes of at least 4 members (excludes halogenated alkanes) is 10. The Morgan fingerprint density at radius 2 is 1.28 bits per heavy atom. The third kappa shape index (κ3) is 16.5. The van der Waals surface area contributed by atoms with Gasteiger partial charge < -0.3 is 24.8 Å². The van der Waals surface area contributed by atoms with Crippen LogP contribution in [-0.4, -0.2) is 56.1 Å². The van der Waals surface area contributed by atoms with Gasteiger partial charge in [0.25, 0.3) is 0 Å². The zero-order valence-corrected chi connectivity index (χ0v) is 41.0. The maximum Gasteiger partial charge on any atom is 0.241 e. The Morgan fingerprint density at radius 1 is 0.687 bits per heavy atom. The number of hydrogen-bond acceptors (Lipinski definition) is 7. The quantitative estimate of drug-likeness (QED) is 0.0428. The number of nitrogens with one attached hydrogen (secondary N) is 2. The average Bonchev–Trinajstić information content (AvgIpc) is 3.35. The molecule has 0 unspecified atom stereocenters. The predicted molar refractivity (Wildman–Crippen MR) is 271 cm³/mol. The van der Waals surface area contributed by atoms with Gasteiger partial charge in [0.2, 0.25) is 15.9 Å². The lowest BCUT2D eigenvalue weighted by Gasteiger charge is -2.38. The number of aliphatic hydroxyl groups is 1. The molecule has 1 amide bonds. The van der Waals surface area contributed by atoms with Crippen molar-refractivity contribution in [3.8, 4) is 11.1 Å². The molecule has 6 rings (SSSR count). The van der Waals surface area contributed by atoms with E-state index in [1.165, 1.54) is 77.0 Å². The lowest BCUT2D eigenvalue weighted by Crippen LogP contribution is -2.47. The van der Waals surface area contributed by atoms with Crippen LogP contribution in [0.1, 0.15) is 143 Å². The molecule has 0 saturated carbocycles. The standard InChI is InChI=1S/C57H75N3O6S/c1-4-6-8-10-12-19-37-60(38-20-13-11-9-7-5-2)42-51-40-55(48-29-27-46(43-61)28-30-48)66-57(65-51)49-33-31-47(32-34-49)53-24-18-17-23-50(53)41-58-56(62)54(39-45-21-15-14-16-22-45)59-67(63,64)52-35-25-44(3)26-36-52/h14-18,21-36,51,54-55,57,59,61H,4-13,19-20,37-43H2,1-3H3,(H,58,62)/t51-,54+,55+,57+/m0/s1. The van der Waals surface area contributed by atoms with Crippen molar-refractivity contribution in [2.24, 2.45) is 0 Å². The Bertz CT molecular complexity index is 2290. The van der Waals surface area contributed by atoms with Gasteiger partial charge in [0.15, 0.2) is 6.29 Å². The molecule has 10 heteroatoms. The Labute approximate surface area is 401 Å². The van der Waals surface area contributed by atoms with Crippen molar-refractivity contribution in [3.63, 3.8) is 0 Å². The van der Waals surface area contributed by atoms with Crippen molar-refractivity contribution < 1.29 is 27.8 Å². The van der Waals surface area contributed by atoms with E-state index >= 15 is 0 Å². The van der Waals surface area contributed by atoms with E-state index in [1.54, 1.807) is 24.3 Å². The first-order valence-corrected chi connectivity index (χ1v) is 26.5. The number of rotatable bonds is 28. The van der Waals surface area contributed by atoms with Crippen LogP contribution in [0.15, 0.2) is 132 Å². The second-order valence-electron chi connectivity index (χ2n) is 18.4. The van der Waals surface area contributed by atoms with Gasteiger partial charge in [-0.3, -0.25) is 4.79 Å². The highest BCUT2D eigenvalue weighted by atomic mass is 32.2. The maximum absolute atomic E-state index is 13.9. The molecule has 0 aliphatic carbocycles. The Balaban J connectivity index is 1.16. The molecule has 0 radical (unpaired) electrons. The second kappa shape index (κ2) is 27.3. The van der Waals surface area contributed by atoms with E-state index in [0.29, 0.717) is 0 Å². The van der Waals surface area contributed by atoms with Gasteiger partial charge >= 0.3 is 0 Å². The number of benzene rings is 5. The Kier molecular flexibility index (Phi) is 21.1. The van der Waals surface area contributed by atoms with Crippen LogP contribution in [0.3, 0.4) is 0 Å². The number of nitrogens with zero attached hydrogens (tertiary/aromatic N) is 1. The van der Waals surface area contributed by atoms with Crippen molar-refractivity contribution in [1.29, 1.82) is 0 Å². The van der Waals surface area contributed by atoms with Gasteiger partial charge in [-0.25, -0.2) is 8.42 Å². The van der Waals surface area contributed by atoms with Crippen LogP contribution < -0.4 is 10.0 Å². The summed E-state index contributed by atoms with van der Waals surface area (Å²) in [5.41, 5.74) is 7.50. The highest BCUT2D eigenvalue weighted by molar-refractivity contribution is 7.89. The average molecular weight is 930 g/mol. The van der Waals surface area contributed by atoms with Gasteiger partial charge in [0, 0.05) is 25.1 Å². The van der Waals surface area contributed by atoms with Crippen LogP contribution in [0, 0.1) is 6.92 Å². The Morgan fingerprint density at radius 3 is 1.93 bits per heavy atom. The van der Waals surface area contributed by atoms with Crippen molar-refractivity contribution in [3.05, 3.63) is 161 Å². The molecule has 0 spiro atoms. The van der Waals surface area contributed by atoms with Crippen LogP contribution in [0.4, 0.5) is 0 Å². The molecule has 5 aromatic carbocycles. The summed E-state index contributed by atoms with van der Waals surface area (Å²) in [5.74, 6) is -0.413. The molecule has 9 nitrogen and oxygen atoms in total. The summed E-state index contributed by atoms with van der Waals surface area (Å²) in [6.45, 7) is 9.65. The molecule has 4 atom stereocenters. The normalized spacial score (nSPS) is 16.8. The predicted octanol–water partition coefficient (Wildman–Crippen LogP) is 11.9. The van der Waals surface area contributed by atoms with Gasteiger partial charge in [-0.1, -0.05) is 199 Å². The highest BCUT2D eigenvalue weighted by Gasteiger charge is 2.33. The molecule has 1 saturated heterocycles. The van der Waals surface area contributed by atoms with E-state index < -0.39 is 28.3 Å².